The molecule has 3 aromatic rings. The maximum atomic E-state index is 14.8. The zero-order valence-electron chi connectivity index (χ0n) is 20.8. The smallest absolute Gasteiger partial charge is 0.264 e. The highest BCUT2D eigenvalue weighted by molar-refractivity contribution is 7.92. The number of amides is 2. The van der Waals surface area contributed by atoms with Gasteiger partial charge in [-0.2, -0.15) is 0 Å². The van der Waals surface area contributed by atoms with E-state index in [0.717, 1.165) is 10.4 Å². The predicted molar refractivity (Wildman–Crippen MR) is 142 cm³/mol. The Kier molecular flexibility index (Phi) is 9.29. The van der Waals surface area contributed by atoms with E-state index in [1.807, 2.05) is 0 Å². The lowest BCUT2D eigenvalue weighted by molar-refractivity contribution is -0.139. The molecule has 3 rings (SSSR count). The molecule has 0 fully saturated rings. The lowest BCUT2D eigenvalue weighted by atomic mass is 10.1. The van der Waals surface area contributed by atoms with E-state index in [4.69, 9.17) is 11.6 Å². The van der Waals surface area contributed by atoms with Crippen LogP contribution >= 0.6 is 11.6 Å². The first-order chi connectivity index (χ1) is 17.5. The van der Waals surface area contributed by atoms with Crippen LogP contribution in [0.2, 0.25) is 5.02 Å². The van der Waals surface area contributed by atoms with E-state index in [-0.39, 0.29) is 23.2 Å². The van der Waals surface area contributed by atoms with Crippen molar-refractivity contribution in [3.8, 4) is 0 Å². The van der Waals surface area contributed by atoms with Gasteiger partial charge in [-0.05, 0) is 62.7 Å². The highest BCUT2D eigenvalue weighted by Gasteiger charge is 2.33. The summed E-state index contributed by atoms with van der Waals surface area (Å²) < 4.78 is 42.7. The molecule has 7 nitrogen and oxygen atoms in total. The number of hydrogen-bond donors (Lipinski definition) is 1. The van der Waals surface area contributed by atoms with Gasteiger partial charge in [-0.1, -0.05) is 54.1 Å². The zero-order chi connectivity index (χ0) is 27.2. The highest BCUT2D eigenvalue weighted by atomic mass is 35.5. The second-order valence-corrected chi connectivity index (χ2v) is 11.1. The summed E-state index contributed by atoms with van der Waals surface area (Å²) in [5.74, 6) is -1.88. The summed E-state index contributed by atoms with van der Waals surface area (Å²) in [6.45, 7) is 4.44. The monoisotopic (exact) mass is 545 g/mol. The molecule has 0 bridgehead atoms. The van der Waals surface area contributed by atoms with E-state index >= 15 is 0 Å². The van der Waals surface area contributed by atoms with Gasteiger partial charge in [0, 0.05) is 17.6 Å². The maximum absolute atomic E-state index is 14.8. The number of rotatable bonds is 10. The minimum atomic E-state index is -4.32. The van der Waals surface area contributed by atoms with Gasteiger partial charge in [-0.25, -0.2) is 12.8 Å². The van der Waals surface area contributed by atoms with Crippen molar-refractivity contribution in [2.45, 2.75) is 44.3 Å². The van der Waals surface area contributed by atoms with Crippen molar-refractivity contribution in [1.29, 1.82) is 0 Å². The fraction of sp³-hybridized carbons (Fsp3) is 0.259. The fourth-order valence-electron chi connectivity index (χ4n) is 3.66. The van der Waals surface area contributed by atoms with E-state index < -0.39 is 40.2 Å². The number of nitrogens with one attached hydrogen (secondary N) is 1. The average Bonchev–Trinajstić information content (AvgIpc) is 2.87. The van der Waals surface area contributed by atoms with Crippen LogP contribution in [0.5, 0.6) is 0 Å². The van der Waals surface area contributed by atoms with Gasteiger partial charge in [0.05, 0.1) is 10.6 Å². The molecule has 2 amide bonds. The Morgan fingerprint density at radius 2 is 1.51 bits per heavy atom. The van der Waals surface area contributed by atoms with Crippen LogP contribution in [-0.2, 0) is 26.2 Å². The van der Waals surface area contributed by atoms with Gasteiger partial charge in [0.15, 0.2) is 0 Å². The molecule has 3 aromatic carbocycles. The summed E-state index contributed by atoms with van der Waals surface area (Å²) in [7, 11) is -4.32. The maximum Gasteiger partial charge on any atom is 0.264 e. The third kappa shape index (κ3) is 7.08. The molecule has 0 aliphatic rings. The Hall–Kier alpha value is -3.43. The zero-order valence-corrected chi connectivity index (χ0v) is 22.3. The Labute approximate surface area is 221 Å². The Morgan fingerprint density at radius 3 is 2.11 bits per heavy atom. The minimum Gasteiger partial charge on any atom is -0.352 e. The van der Waals surface area contributed by atoms with Crippen LogP contribution in [-0.4, -0.2) is 43.8 Å². The van der Waals surface area contributed by atoms with Crippen LogP contribution in [0, 0.1) is 5.82 Å². The molecular formula is C27H29ClFN3O4S. The number of para-hydroxylation sites is 1. The molecular weight excluding hydrogens is 517 g/mol. The van der Waals surface area contributed by atoms with Crippen molar-refractivity contribution in [3.05, 3.63) is 95.3 Å². The Bertz CT molecular complexity index is 1340. The largest absolute Gasteiger partial charge is 0.352 e. The van der Waals surface area contributed by atoms with Crippen molar-refractivity contribution in [2.24, 2.45) is 0 Å². The van der Waals surface area contributed by atoms with Crippen LogP contribution in [0.3, 0.4) is 0 Å². The van der Waals surface area contributed by atoms with E-state index in [0.29, 0.717) is 10.6 Å². The van der Waals surface area contributed by atoms with E-state index in [1.54, 1.807) is 63.2 Å². The molecule has 0 aromatic heterocycles. The van der Waals surface area contributed by atoms with Crippen LogP contribution < -0.4 is 9.62 Å². The number of sulfonamides is 1. The quantitative estimate of drug-likeness (QED) is 0.403. The minimum absolute atomic E-state index is 0.0131. The normalized spacial score (nSPS) is 12.2. The molecule has 196 valence electrons. The molecule has 37 heavy (non-hydrogen) atoms. The highest BCUT2D eigenvalue weighted by Crippen LogP contribution is 2.27. The van der Waals surface area contributed by atoms with Crippen molar-refractivity contribution >= 4 is 39.1 Å². The number of carbonyl (C=O) groups excluding carboxylic acids is 2. The lowest BCUT2D eigenvalue weighted by Gasteiger charge is -2.32. The first kappa shape index (κ1) is 28.1. The lowest BCUT2D eigenvalue weighted by Crippen LogP contribution is -2.52. The number of nitrogens with zero attached hydrogens (tertiary/aromatic N) is 2. The van der Waals surface area contributed by atoms with E-state index in [1.165, 1.54) is 35.2 Å². The molecule has 0 saturated heterocycles. The average molecular weight is 546 g/mol. The first-order valence-corrected chi connectivity index (χ1v) is 13.5. The molecule has 1 unspecified atom stereocenters. The van der Waals surface area contributed by atoms with Gasteiger partial charge in [-0.3, -0.25) is 13.9 Å². The third-order valence-corrected chi connectivity index (χ3v) is 7.62. The van der Waals surface area contributed by atoms with Crippen molar-refractivity contribution in [1.82, 2.24) is 10.2 Å². The summed E-state index contributed by atoms with van der Waals surface area (Å²) in [6.07, 6.45) is 0. The fourth-order valence-corrected chi connectivity index (χ4v) is 5.23. The standard InChI is InChI=1S/C27H29ClFN3O4S/c1-19(2)30-27(34)20(3)31(17-21-13-15-22(28)16-14-21)26(33)18-32(25-12-8-7-11-24(25)29)37(35,36)23-9-5-4-6-10-23/h4-16,19-20H,17-18H2,1-3H3,(H,30,34). The van der Waals surface area contributed by atoms with Gasteiger partial charge in [-0.15, -0.1) is 0 Å². The van der Waals surface area contributed by atoms with Crippen molar-refractivity contribution < 1.29 is 22.4 Å². The van der Waals surface area contributed by atoms with E-state index in [2.05, 4.69) is 5.32 Å². The molecule has 0 saturated carbocycles. The summed E-state index contributed by atoms with van der Waals surface area (Å²) in [4.78, 5) is 27.7. The van der Waals surface area contributed by atoms with Gasteiger partial charge in [0.2, 0.25) is 11.8 Å². The molecule has 0 heterocycles. The second kappa shape index (κ2) is 12.2. The first-order valence-electron chi connectivity index (χ1n) is 11.7. The van der Waals surface area contributed by atoms with Gasteiger partial charge >= 0.3 is 0 Å². The number of hydrogen-bond acceptors (Lipinski definition) is 4. The van der Waals surface area contributed by atoms with Crippen LogP contribution in [0.4, 0.5) is 10.1 Å². The second-order valence-electron chi connectivity index (χ2n) is 8.76. The summed E-state index contributed by atoms with van der Waals surface area (Å²) in [5.41, 5.74) is 0.413. The SMILES string of the molecule is CC(C)NC(=O)C(C)N(Cc1ccc(Cl)cc1)C(=O)CN(c1ccccc1F)S(=O)(=O)c1ccccc1. The number of benzene rings is 3. The summed E-state index contributed by atoms with van der Waals surface area (Å²) in [6, 6.07) is 18.4. The molecule has 1 atom stereocenters. The van der Waals surface area contributed by atoms with Crippen LogP contribution in [0.25, 0.3) is 0 Å². The van der Waals surface area contributed by atoms with Gasteiger partial charge < -0.3 is 10.2 Å². The topological polar surface area (TPSA) is 86.8 Å². The van der Waals surface area contributed by atoms with Crippen LogP contribution in [0.1, 0.15) is 26.3 Å². The van der Waals surface area contributed by atoms with Gasteiger partial charge in [0.25, 0.3) is 10.0 Å². The number of carbonyl (C=O) groups is 2. The van der Waals surface area contributed by atoms with Crippen molar-refractivity contribution in [2.75, 3.05) is 10.8 Å². The molecule has 10 heteroatoms. The molecule has 0 aliphatic carbocycles. The molecule has 0 radical (unpaired) electrons. The third-order valence-electron chi connectivity index (χ3n) is 5.60. The van der Waals surface area contributed by atoms with Gasteiger partial charge in [0.1, 0.15) is 18.4 Å². The summed E-state index contributed by atoms with van der Waals surface area (Å²) >= 11 is 5.99. The van der Waals surface area contributed by atoms with E-state index in [9.17, 15) is 22.4 Å². The number of halogens is 2. The Morgan fingerprint density at radius 1 is 0.919 bits per heavy atom. The summed E-state index contributed by atoms with van der Waals surface area (Å²) in [5, 5.41) is 3.28. The molecule has 0 spiro atoms. The predicted octanol–water partition coefficient (Wildman–Crippen LogP) is 4.62. The Balaban J connectivity index is 2.02. The molecule has 1 N–H and O–H groups in total. The molecule has 0 aliphatic heterocycles. The number of anilines is 1. The van der Waals surface area contributed by atoms with Crippen LogP contribution in [0.15, 0.2) is 83.8 Å². The van der Waals surface area contributed by atoms with Crippen molar-refractivity contribution in [3.63, 3.8) is 0 Å².